The first-order valence-electron chi connectivity index (χ1n) is 8.59. The standard InChI is InChI=1S/C19H16Cl2F3N3O4/c1-11(27-18(29)16-5-3-13(9-26-16)31-19(22,23)24)6-7-25-17(28)10-30-12-2-4-14(20)15(21)8-12/h2-5,8-9H,1,6-7,10H2,(H,25,28)(H,27,29). The van der Waals surface area contributed by atoms with Crippen LogP contribution in [0, 0.1) is 0 Å². The number of hydrogen-bond donors (Lipinski definition) is 2. The van der Waals surface area contributed by atoms with Crippen molar-refractivity contribution in [1.29, 1.82) is 0 Å². The van der Waals surface area contributed by atoms with E-state index < -0.39 is 23.9 Å². The molecule has 1 heterocycles. The van der Waals surface area contributed by atoms with Crippen LogP contribution in [0.2, 0.25) is 10.0 Å². The van der Waals surface area contributed by atoms with Crippen LogP contribution in [-0.2, 0) is 4.79 Å². The maximum absolute atomic E-state index is 12.1. The molecule has 0 fully saturated rings. The number of hydrogen-bond acceptors (Lipinski definition) is 5. The highest BCUT2D eigenvalue weighted by molar-refractivity contribution is 6.42. The van der Waals surface area contributed by atoms with Crippen molar-refractivity contribution in [3.63, 3.8) is 0 Å². The monoisotopic (exact) mass is 477 g/mol. The quantitative estimate of drug-likeness (QED) is 0.566. The van der Waals surface area contributed by atoms with Crippen LogP contribution < -0.4 is 20.1 Å². The number of rotatable bonds is 9. The Labute approximate surface area is 185 Å². The van der Waals surface area contributed by atoms with Gasteiger partial charge in [-0.05, 0) is 24.3 Å². The third-order valence-electron chi connectivity index (χ3n) is 3.50. The molecule has 2 amide bonds. The number of carbonyl (C=O) groups excluding carboxylic acids is 2. The van der Waals surface area contributed by atoms with Crippen molar-refractivity contribution < 1.29 is 32.2 Å². The Balaban J connectivity index is 1.70. The average molecular weight is 478 g/mol. The molecule has 2 N–H and O–H groups in total. The predicted molar refractivity (Wildman–Crippen MR) is 107 cm³/mol. The number of benzene rings is 1. The van der Waals surface area contributed by atoms with E-state index in [1.165, 1.54) is 12.1 Å². The van der Waals surface area contributed by atoms with Crippen LogP contribution >= 0.6 is 23.2 Å². The van der Waals surface area contributed by atoms with Crippen molar-refractivity contribution in [2.24, 2.45) is 0 Å². The molecule has 7 nitrogen and oxygen atoms in total. The summed E-state index contributed by atoms with van der Waals surface area (Å²) in [5, 5.41) is 5.67. The third-order valence-corrected chi connectivity index (χ3v) is 4.24. The molecule has 2 rings (SSSR count). The Morgan fingerprint density at radius 1 is 1.10 bits per heavy atom. The third kappa shape index (κ3) is 8.73. The first-order chi connectivity index (χ1) is 14.5. The van der Waals surface area contributed by atoms with E-state index in [0.29, 0.717) is 15.8 Å². The van der Waals surface area contributed by atoms with Gasteiger partial charge < -0.3 is 20.1 Å². The first kappa shape index (κ1) is 24.3. The van der Waals surface area contributed by atoms with Gasteiger partial charge in [-0.1, -0.05) is 29.8 Å². The van der Waals surface area contributed by atoms with Crippen LogP contribution in [0.15, 0.2) is 48.8 Å². The van der Waals surface area contributed by atoms with Gasteiger partial charge in [-0.15, -0.1) is 13.2 Å². The van der Waals surface area contributed by atoms with E-state index in [-0.39, 0.29) is 31.0 Å². The molecule has 0 spiro atoms. The van der Waals surface area contributed by atoms with Crippen LogP contribution in [0.1, 0.15) is 16.9 Å². The summed E-state index contributed by atoms with van der Waals surface area (Å²) in [6.07, 6.45) is -3.87. The highest BCUT2D eigenvalue weighted by Gasteiger charge is 2.31. The molecule has 0 unspecified atom stereocenters. The molecule has 0 saturated heterocycles. The van der Waals surface area contributed by atoms with E-state index >= 15 is 0 Å². The molecule has 1 aromatic carbocycles. The zero-order chi connectivity index (χ0) is 23.0. The summed E-state index contributed by atoms with van der Waals surface area (Å²) >= 11 is 11.6. The van der Waals surface area contributed by atoms with Crippen molar-refractivity contribution >= 4 is 35.0 Å². The lowest BCUT2D eigenvalue weighted by Crippen LogP contribution is -2.31. The molecule has 0 radical (unpaired) electrons. The summed E-state index contributed by atoms with van der Waals surface area (Å²) in [5.74, 6) is -1.25. The average Bonchev–Trinajstić information content (AvgIpc) is 2.68. The fourth-order valence-electron chi connectivity index (χ4n) is 2.12. The molecule has 2 aromatic rings. The lowest BCUT2D eigenvalue weighted by molar-refractivity contribution is -0.274. The Hall–Kier alpha value is -2.98. The molecule has 31 heavy (non-hydrogen) atoms. The number of alkyl halides is 3. The first-order valence-corrected chi connectivity index (χ1v) is 9.34. The lowest BCUT2D eigenvalue weighted by Gasteiger charge is -2.11. The normalized spacial score (nSPS) is 10.9. The zero-order valence-corrected chi connectivity index (χ0v) is 17.3. The van der Waals surface area contributed by atoms with E-state index in [1.54, 1.807) is 6.07 Å². The highest BCUT2D eigenvalue weighted by atomic mass is 35.5. The molecule has 0 aliphatic carbocycles. The number of nitrogens with zero attached hydrogens (tertiary/aromatic N) is 1. The van der Waals surface area contributed by atoms with Crippen molar-refractivity contribution in [1.82, 2.24) is 15.6 Å². The topological polar surface area (TPSA) is 89.6 Å². The van der Waals surface area contributed by atoms with Crippen LogP contribution in [0.25, 0.3) is 0 Å². The minimum absolute atomic E-state index is 0.130. The van der Waals surface area contributed by atoms with E-state index in [2.05, 4.69) is 26.9 Å². The van der Waals surface area contributed by atoms with Gasteiger partial charge >= 0.3 is 6.36 Å². The molecule has 0 bridgehead atoms. The van der Waals surface area contributed by atoms with Crippen LogP contribution in [0.3, 0.4) is 0 Å². The molecule has 0 atom stereocenters. The smallest absolute Gasteiger partial charge is 0.484 e. The number of aromatic nitrogens is 1. The SMILES string of the molecule is C=C(CCNC(=O)COc1ccc(Cl)c(Cl)c1)NC(=O)c1ccc(OC(F)(F)F)cn1. The fourth-order valence-corrected chi connectivity index (χ4v) is 2.40. The van der Waals surface area contributed by atoms with Crippen LogP contribution in [-0.4, -0.2) is 36.3 Å². The summed E-state index contributed by atoms with van der Waals surface area (Å²) in [4.78, 5) is 27.5. The Bertz CT molecular complexity index is 953. The van der Waals surface area contributed by atoms with Gasteiger partial charge in [0, 0.05) is 24.7 Å². The Kier molecular flexibility index (Phi) is 8.52. The van der Waals surface area contributed by atoms with Gasteiger partial charge in [0.1, 0.15) is 17.2 Å². The summed E-state index contributed by atoms with van der Waals surface area (Å²) in [5.41, 5.74) is 0.142. The Morgan fingerprint density at radius 2 is 1.81 bits per heavy atom. The zero-order valence-electron chi connectivity index (χ0n) is 15.8. The van der Waals surface area contributed by atoms with Gasteiger partial charge in [0.2, 0.25) is 0 Å². The second-order valence-corrected chi connectivity index (χ2v) is 6.76. The molecule has 0 aliphatic rings. The van der Waals surface area contributed by atoms with Gasteiger partial charge in [0.25, 0.3) is 11.8 Å². The summed E-state index contributed by atoms with van der Waals surface area (Å²) in [6, 6.07) is 6.62. The van der Waals surface area contributed by atoms with Crippen LogP contribution in [0.4, 0.5) is 13.2 Å². The molecule has 1 aromatic heterocycles. The van der Waals surface area contributed by atoms with E-state index in [4.69, 9.17) is 27.9 Å². The molecule has 0 aliphatic heterocycles. The highest BCUT2D eigenvalue weighted by Crippen LogP contribution is 2.26. The van der Waals surface area contributed by atoms with Crippen molar-refractivity contribution in [3.05, 3.63) is 64.5 Å². The van der Waals surface area contributed by atoms with Crippen LogP contribution in [0.5, 0.6) is 11.5 Å². The number of halogens is 5. The number of pyridine rings is 1. The predicted octanol–water partition coefficient (Wildman–Crippen LogP) is 4.12. The molecule has 0 saturated carbocycles. The summed E-state index contributed by atoms with van der Waals surface area (Å²) in [7, 11) is 0. The lowest BCUT2D eigenvalue weighted by atomic mass is 10.3. The minimum atomic E-state index is -4.85. The summed E-state index contributed by atoms with van der Waals surface area (Å²) < 4.78 is 45.3. The Morgan fingerprint density at radius 3 is 2.42 bits per heavy atom. The fraction of sp³-hybridized carbons (Fsp3) is 0.211. The maximum atomic E-state index is 12.1. The summed E-state index contributed by atoms with van der Waals surface area (Å²) in [6.45, 7) is 3.56. The number of amides is 2. The van der Waals surface area contributed by atoms with Crippen molar-refractivity contribution in [3.8, 4) is 11.5 Å². The largest absolute Gasteiger partial charge is 0.573 e. The maximum Gasteiger partial charge on any atom is 0.573 e. The van der Waals surface area contributed by atoms with Crippen molar-refractivity contribution in [2.75, 3.05) is 13.2 Å². The number of carbonyl (C=O) groups is 2. The minimum Gasteiger partial charge on any atom is -0.484 e. The second kappa shape index (κ2) is 10.9. The van der Waals surface area contributed by atoms with Crippen molar-refractivity contribution in [2.45, 2.75) is 12.8 Å². The molecular weight excluding hydrogens is 462 g/mol. The van der Waals surface area contributed by atoms with E-state index in [9.17, 15) is 22.8 Å². The van der Waals surface area contributed by atoms with Gasteiger partial charge in [-0.2, -0.15) is 0 Å². The van der Waals surface area contributed by atoms with E-state index in [0.717, 1.165) is 18.3 Å². The van der Waals surface area contributed by atoms with Gasteiger partial charge in [-0.25, -0.2) is 4.98 Å². The second-order valence-electron chi connectivity index (χ2n) is 5.95. The van der Waals surface area contributed by atoms with Gasteiger partial charge in [-0.3, -0.25) is 9.59 Å². The number of nitrogens with one attached hydrogen (secondary N) is 2. The molecule has 166 valence electrons. The molecule has 12 heteroatoms. The molecular formula is C19H16Cl2F3N3O4. The number of ether oxygens (including phenoxy) is 2. The van der Waals surface area contributed by atoms with Gasteiger partial charge in [0.15, 0.2) is 6.61 Å². The van der Waals surface area contributed by atoms with Gasteiger partial charge in [0.05, 0.1) is 16.2 Å². The van der Waals surface area contributed by atoms with E-state index in [1.807, 2.05) is 0 Å².